The second kappa shape index (κ2) is 9.11. The van der Waals surface area contributed by atoms with Crippen molar-refractivity contribution in [3.63, 3.8) is 0 Å². The molecule has 0 aromatic carbocycles. The minimum atomic E-state index is -0.306. The normalized spacial score (nSPS) is 26.8. The van der Waals surface area contributed by atoms with Crippen LogP contribution in [0.4, 0.5) is 0 Å². The SMILES string of the molecule is CCCOC(=O)C1(CC2CCCSCCS2)SCCS1. The van der Waals surface area contributed by atoms with Gasteiger partial charge in [-0.05, 0) is 31.4 Å². The lowest BCUT2D eigenvalue weighted by molar-refractivity contribution is -0.144. The maximum absolute atomic E-state index is 12.5. The van der Waals surface area contributed by atoms with Gasteiger partial charge in [-0.1, -0.05) is 6.92 Å². The van der Waals surface area contributed by atoms with Gasteiger partial charge in [0, 0.05) is 28.3 Å². The van der Waals surface area contributed by atoms with Crippen molar-refractivity contribution in [3.8, 4) is 0 Å². The van der Waals surface area contributed by atoms with Crippen molar-refractivity contribution in [2.75, 3.05) is 35.4 Å². The van der Waals surface area contributed by atoms with Crippen molar-refractivity contribution in [2.45, 2.75) is 41.9 Å². The van der Waals surface area contributed by atoms with E-state index < -0.39 is 0 Å². The average molecular weight is 353 g/mol. The fraction of sp³-hybridized carbons (Fsp3) is 0.929. The standard InChI is InChI=1S/C14H24O2S4/c1-2-5-16-13(15)14(19-9-10-20-14)11-12-4-3-6-17-7-8-18-12/h12H,2-11H2,1H3. The van der Waals surface area contributed by atoms with Crippen molar-refractivity contribution < 1.29 is 9.53 Å². The summed E-state index contributed by atoms with van der Waals surface area (Å²) in [5.74, 6) is 5.96. The van der Waals surface area contributed by atoms with Crippen LogP contribution < -0.4 is 0 Å². The predicted molar refractivity (Wildman–Crippen MR) is 96.3 cm³/mol. The average Bonchev–Trinajstić information content (AvgIpc) is 2.89. The highest BCUT2D eigenvalue weighted by molar-refractivity contribution is 8.22. The lowest BCUT2D eigenvalue weighted by Gasteiger charge is -2.30. The predicted octanol–water partition coefficient (Wildman–Crippen LogP) is 4.13. The Labute approximate surface area is 139 Å². The lowest BCUT2D eigenvalue weighted by atomic mass is 10.1. The number of hydrogen-bond donors (Lipinski definition) is 0. The van der Waals surface area contributed by atoms with Gasteiger partial charge in [-0.3, -0.25) is 0 Å². The van der Waals surface area contributed by atoms with Gasteiger partial charge in [0.15, 0.2) is 4.08 Å². The number of carbonyl (C=O) groups is 1. The first-order valence-electron chi connectivity index (χ1n) is 7.41. The minimum Gasteiger partial charge on any atom is -0.464 e. The van der Waals surface area contributed by atoms with Gasteiger partial charge in [-0.2, -0.15) is 23.5 Å². The molecular weight excluding hydrogens is 328 g/mol. The molecule has 116 valence electrons. The van der Waals surface area contributed by atoms with Crippen LogP contribution in [0.1, 0.15) is 32.6 Å². The largest absolute Gasteiger partial charge is 0.464 e. The van der Waals surface area contributed by atoms with E-state index >= 15 is 0 Å². The Morgan fingerprint density at radius 1 is 1.20 bits per heavy atom. The van der Waals surface area contributed by atoms with Crippen LogP contribution in [0.2, 0.25) is 0 Å². The van der Waals surface area contributed by atoms with Gasteiger partial charge in [-0.15, -0.1) is 23.5 Å². The Balaban J connectivity index is 1.94. The van der Waals surface area contributed by atoms with Crippen molar-refractivity contribution in [1.82, 2.24) is 0 Å². The second-order valence-electron chi connectivity index (χ2n) is 5.04. The molecule has 0 aromatic heterocycles. The summed E-state index contributed by atoms with van der Waals surface area (Å²) >= 11 is 7.78. The molecule has 2 nitrogen and oxygen atoms in total. The molecule has 2 rings (SSSR count). The van der Waals surface area contributed by atoms with Gasteiger partial charge in [-0.25, -0.2) is 4.79 Å². The number of thioether (sulfide) groups is 4. The fourth-order valence-corrected chi connectivity index (χ4v) is 8.24. The number of ether oxygens (including phenoxy) is 1. The summed E-state index contributed by atoms with van der Waals surface area (Å²) in [6.07, 6.45) is 4.44. The van der Waals surface area contributed by atoms with Gasteiger partial charge in [0.05, 0.1) is 6.61 Å². The van der Waals surface area contributed by atoms with E-state index in [9.17, 15) is 4.79 Å². The third kappa shape index (κ3) is 4.96. The Hall–Kier alpha value is 0.870. The van der Waals surface area contributed by atoms with Gasteiger partial charge in [0.25, 0.3) is 0 Å². The minimum absolute atomic E-state index is 0.0314. The number of esters is 1. The van der Waals surface area contributed by atoms with Crippen molar-refractivity contribution in [2.24, 2.45) is 0 Å². The maximum atomic E-state index is 12.5. The molecule has 2 aliphatic heterocycles. The topological polar surface area (TPSA) is 26.3 Å². The smallest absolute Gasteiger partial charge is 0.332 e. The molecule has 1 atom stereocenters. The monoisotopic (exact) mass is 352 g/mol. The molecule has 0 N–H and O–H groups in total. The summed E-state index contributed by atoms with van der Waals surface area (Å²) in [4.78, 5) is 12.5. The lowest BCUT2D eigenvalue weighted by Crippen LogP contribution is -2.35. The third-order valence-electron chi connectivity index (χ3n) is 3.39. The maximum Gasteiger partial charge on any atom is 0.332 e. The molecule has 6 heteroatoms. The van der Waals surface area contributed by atoms with Crippen LogP contribution in [0.15, 0.2) is 0 Å². The summed E-state index contributed by atoms with van der Waals surface area (Å²) in [5.41, 5.74) is 0. The third-order valence-corrected chi connectivity index (χ3v) is 9.42. The molecular formula is C14H24O2S4. The van der Waals surface area contributed by atoms with E-state index in [4.69, 9.17) is 4.74 Å². The quantitative estimate of drug-likeness (QED) is 0.690. The molecule has 0 amide bonds. The zero-order valence-electron chi connectivity index (χ0n) is 12.1. The first kappa shape index (κ1) is 17.2. The Kier molecular flexibility index (Phi) is 7.85. The van der Waals surface area contributed by atoms with E-state index in [1.54, 1.807) is 0 Å². The highest BCUT2D eigenvalue weighted by atomic mass is 32.2. The highest BCUT2D eigenvalue weighted by Crippen LogP contribution is 2.50. The molecule has 0 aliphatic carbocycles. The first-order chi connectivity index (χ1) is 9.77. The number of carbonyl (C=O) groups excluding carboxylic acids is 1. The Morgan fingerprint density at radius 2 is 2.00 bits per heavy atom. The van der Waals surface area contributed by atoms with Crippen LogP contribution in [0.5, 0.6) is 0 Å². The molecule has 0 aromatic rings. The van der Waals surface area contributed by atoms with Gasteiger partial charge >= 0.3 is 5.97 Å². The molecule has 2 aliphatic rings. The van der Waals surface area contributed by atoms with Crippen molar-refractivity contribution >= 4 is 53.0 Å². The van der Waals surface area contributed by atoms with Gasteiger partial charge in [0.2, 0.25) is 0 Å². The zero-order chi connectivity index (χ0) is 14.3. The summed E-state index contributed by atoms with van der Waals surface area (Å²) in [6, 6.07) is 0. The summed E-state index contributed by atoms with van der Waals surface area (Å²) in [7, 11) is 0. The molecule has 0 bridgehead atoms. The second-order valence-corrected chi connectivity index (χ2v) is 10.7. The molecule has 2 heterocycles. The number of rotatable bonds is 5. The van der Waals surface area contributed by atoms with Crippen LogP contribution in [-0.4, -0.2) is 50.7 Å². The van der Waals surface area contributed by atoms with E-state index in [0.717, 1.165) is 24.3 Å². The number of hydrogen-bond acceptors (Lipinski definition) is 6. The van der Waals surface area contributed by atoms with E-state index in [0.29, 0.717) is 11.9 Å². The molecule has 1 unspecified atom stereocenters. The van der Waals surface area contributed by atoms with E-state index in [-0.39, 0.29) is 10.0 Å². The van der Waals surface area contributed by atoms with Crippen LogP contribution in [0, 0.1) is 0 Å². The summed E-state index contributed by atoms with van der Waals surface area (Å²) in [6.45, 7) is 2.62. The Morgan fingerprint density at radius 3 is 2.75 bits per heavy atom. The summed E-state index contributed by atoms with van der Waals surface area (Å²) < 4.78 is 5.18. The highest BCUT2D eigenvalue weighted by Gasteiger charge is 2.46. The molecule has 0 radical (unpaired) electrons. The van der Waals surface area contributed by atoms with E-state index in [1.807, 2.05) is 23.5 Å². The van der Waals surface area contributed by atoms with Gasteiger partial charge in [0.1, 0.15) is 0 Å². The molecule has 0 saturated carbocycles. The molecule has 2 saturated heterocycles. The van der Waals surface area contributed by atoms with Crippen molar-refractivity contribution in [3.05, 3.63) is 0 Å². The van der Waals surface area contributed by atoms with Crippen LogP contribution in [0.3, 0.4) is 0 Å². The zero-order valence-corrected chi connectivity index (χ0v) is 15.4. The fourth-order valence-electron chi connectivity index (χ4n) is 2.41. The molecule has 0 spiro atoms. The van der Waals surface area contributed by atoms with Crippen molar-refractivity contribution in [1.29, 1.82) is 0 Å². The van der Waals surface area contributed by atoms with E-state index in [2.05, 4.69) is 30.4 Å². The van der Waals surface area contributed by atoms with Crippen LogP contribution in [0.25, 0.3) is 0 Å². The van der Waals surface area contributed by atoms with E-state index in [1.165, 1.54) is 30.1 Å². The molecule has 2 fully saturated rings. The first-order valence-corrected chi connectivity index (χ1v) is 11.6. The molecule has 20 heavy (non-hydrogen) atoms. The summed E-state index contributed by atoms with van der Waals surface area (Å²) in [5, 5.41) is 0.628. The Bertz CT molecular complexity index is 298. The van der Waals surface area contributed by atoms with Crippen LogP contribution >= 0.6 is 47.0 Å². The van der Waals surface area contributed by atoms with Crippen LogP contribution in [-0.2, 0) is 9.53 Å². The van der Waals surface area contributed by atoms with Gasteiger partial charge < -0.3 is 4.74 Å².